The molecule has 0 bridgehead atoms. The molecule has 18 heteroatoms. The van der Waals surface area contributed by atoms with Gasteiger partial charge in [0.25, 0.3) is 23.3 Å². The van der Waals surface area contributed by atoms with Gasteiger partial charge in [0.05, 0.1) is 24.3 Å². The van der Waals surface area contributed by atoms with Gasteiger partial charge in [0.15, 0.2) is 0 Å². The third kappa shape index (κ3) is 12.1. The molecule has 7 N–H and O–H groups in total. The first-order valence-corrected chi connectivity index (χ1v) is 25.1. The molecule has 0 aliphatic carbocycles. The molecule has 8 rings (SSSR count). The van der Waals surface area contributed by atoms with Crippen LogP contribution in [0.1, 0.15) is 91.6 Å². The van der Waals surface area contributed by atoms with Crippen LogP contribution in [0, 0.1) is 20.8 Å². The number of nitrogens with one attached hydrogen (secondary N) is 5. The number of ether oxygens (including phenoxy) is 2. The van der Waals surface area contributed by atoms with Gasteiger partial charge in [-0.05, 0) is 105 Å². The van der Waals surface area contributed by atoms with Crippen molar-refractivity contribution in [3.8, 4) is 11.1 Å². The molecule has 0 spiro atoms. The molecule has 72 heavy (non-hydrogen) atoms. The highest BCUT2D eigenvalue weighted by atomic mass is 16.5. The molecule has 0 radical (unpaired) electrons. The van der Waals surface area contributed by atoms with Gasteiger partial charge in [-0.3, -0.25) is 48.8 Å². The van der Waals surface area contributed by atoms with Crippen molar-refractivity contribution in [3.05, 3.63) is 128 Å². The van der Waals surface area contributed by atoms with Crippen molar-refractivity contribution in [1.82, 2.24) is 35.6 Å². The zero-order valence-corrected chi connectivity index (χ0v) is 41.9. The summed E-state index contributed by atoms with van der Waals surface area (Å²) in [7, 11) is 0. The number of hydrogen-bond acceptors (Lipinski definition) is 14. The van der Waals surface area contributed by atoms with Crippen LogP contribution in [-0.2, 0) is 32.2 Å². The number of aromatic amines is 1. The number of amides is 5. The number of nitrogens with zero attached hydrogens (tertiary/aromatic N) is 4. The highest BCUT2D eigenvalue weighted by Gasteiger charge is 2.45. The molecule has 3 saturated heterocycles. The third-order valence-corrected chi connectivity index (χ3v) is 14.1. The summed E-state index contributed by atoms with van der Waals surface area (Å²) in [6.07, 6.45) is 3.83. The van der Waals surface area contributed by atoms with E-state index in [0.29, 0.717) is 68.9 Å². The van der Waals surface area contributed by atoms with E-state index in [9.17, 15) is 28.8 Å². The lowest BCUT2D eigenvalue weighted by Crippen LogP contribution is -2.54. The molecule has 4 aromatic rings. The minimum atomic E-state index is -1.02. The maximum Gasteiger partial charge on any atom is 0.264 e. The van der Waals surface area contributed by atoms with Crippen LogP contribution in [0.3, 0.4) is 0 Å². The molecule has 382 valence electrons. The fourth-order valence-electron chi connectivity index (χ4n) is 10.2. The number of carbonyl (C=O) groups excluding carboxylic acids is 5. The quantitative estimate of drug-likeness (QED) is 0.0546. The van der Waals surface area contributed by atoms with E-state index < -0.39 is 29.7 Å². The Morgan fingerprint density at radius 3 is 2.35 bits per heavy atom. The molecule has 5 amide bonds. The Morgan fingerprint density at radius 1 is 0.889 bits per heavy atom. The number of piperidine rings is 1. The Hall–Kier alpha value is -6.86. The lowest BCUT2D eigenvalue weighted by Gasteiger charge is -2.37. The van der Waals surface area contributed by atoms with E-state index in [0.717, 1.165) is 96.3 Å². The number of H-pyrrole nitrogens is 1. The largest absolute Gasteiger partial charge is 0.400 e. The second-order valence-corrected chi connectivity index (χ2v) is 19.1. The summed E-state index contributed by atoms with van der Waals surface area (Å²) in [6, 6.07) is 19.0. The number of fused-ring (bicyclic) bond motifs is 1. The summed E-state index contributed by atoms with van der Waals surface area (Å²) in [5.74, 6) is -2.38. The molecule has 1 aromatic heterocycles. The van der Waals surface area contributed by atoms with Crippen LogP contribution < -0.4 is 37.5 Å². The normalized spacial score (nSPS) is 18.0. The van der Waals surface area contributed by atoms with Gasteiger partial charge in [-0.1, -0.05) is 30.3 Å². The number of hydrogen-bond donors (Lipinski definition) is 6. The standard InChI is InChI=1S/C54H68N10O8/c1-5-63(41-15-23-71-24-16-41)47-29-39(28-43(36(47)4)50(66)58-31-44-34(2)27-35(3)59-51(44)67)38-11-9-37(10-12-38)32-61-19-21-62(22-20-61)33-40(55)30-56-17-25-72-26-18-57-45-8-6-7-42-49(45)54(70)64(53(42)69)46-13-14-48(65)60-52(46)68/h6-12,27-30,41,46,56-57H,5,13-26,31-33,55H2,1-4H3,(H,58,66)(H,59,67)(H,60,65,68)/b40-30-. The number of pyridine rings is 1. The first-order chi connectivity index (χ1) is 34.8. The van der Waals surface area contributed by atoms with Gasteiger partial charge in [0, 0.05) is 131 Å². The summed E-state index contributed by atoms with van der Waals surface area (Å²) in [5, 5.41) is 11.7. The second kappa shape index (κ2) is 23.6. The van der Waals surface area contributed by atoms with Crippen molar-refractivity contribution in [2.45, 2.75) is 78.6 Å². The van der Waals surface area contributed by atoms with Crippen molar-refractivity contribution in [3.63, 3.8) is 0 Å². The fraction of sp³-hybridized carbons (Fsp3) is 0.444. The van der Waals surface area contributed by atoms with Crippen LogP contribution in [0.4, 0.5) is 11.4 Å². The van der Waals surface area contributed by atoms with Crippen LogP contribution in [-0.4, -0.2) is 140 Å². The molecule has 4 aliphatic rings. The van der Waals surface area contributed by atoms with E-state index >= 15 is 0 Å². The highest BCUT2D eigenvalue weighted by molar-refractivity contribution is 6.25. The zero-order chi connectivity index (χ0) is 50.9. The van der Waals surface area contributed by atoms with Crippen LogP contribution in [0.5, 0.6) is 0 Å². The molecule has 1 atom stereocenters. The van der Waals surface area contributed by atoms with Crippen LogP contribution in [0.2, 0.25) is 0 Å². The summed E-state index contributed by atoms with van der Waals surface area (Å²) >= 11 is 0. The number of rotatable bonds is 20. The van der Waals surface area contributed by atoms with Gasteiger partial charge in [-0.15, -0.1) is 0 Å². The number of aromatic nitrogens is 1. The number of benzene rings is 3. The molecule has 5 heterocycles. The number of nitrogens with two attached hydrogens (primary N) is 1. The molecular weight excluding hydrogens is 917 g/mol. The minimum Gasteiger partial charge on any atom is -0.400 e. The molecule has 18 nitrogen and oxygen atoms in total. The first-order valence-electron chi connectivity index (χ1n) is 25.1. The minimum absolute atomic E-state index is 0.0610. The van der Waals surface area contributed by atoms with E-state index in [1.807, 2.05) is 39.1 Å². The summed E-state index contributed by atoms with van der Waals surface area (Å²) in [4.78, 5) is 88.3. The van der Waals surface area contributed by atoms with Crippen molar-refractivity contribution in [2.24, 2.45) is 5.73 Å². The first kappa shape index (κ1) is 51.5. The van der Waals surface area contributed by atoms with E-state index in [2.05, 4.69) is 78.2 Å². The van der Waals surface area contributed by atoms with E-state index in [1.165, 1.54) is 5.56 Å². The Morgan fingerprint density at radius 2 is 1.62 bits per heavy atom. The molecular formula is C54H68N10O8. The molecule has 3 aromatic carbocycles. The van der Waals surface area contributed by atoms with E-state index in [4.69, 9.17) is 15.2 Å². The van der Waals surface area contributed by atoms with Gasteiger partial charge >= 0.3 is 0 Å². The predicted octanol–water partition coefficient (Wildman–Crippen LogP) is 3.94. The molecule has 0 saturated carbocycles. The summed E-state index contributed by atoms with van der Waals surface area (Å²) < 4.78 is 11.5. The monoisotopic (exact) mass is 985 g/mol. The second-order valence-electron chi connectivity index (χ2n) is 19.1. The smallest absolute Gasteiger partial charge is 0.264 e. The highest BCUT2D eigenvalue weighted by Crippen LogP contribution is 2.35. The van der Waals surface area contributed by atoms with Gasteiger partial charge in [0.1, 0.15) is 6.04 Å². The van der Waals surface area contributed by atoms with E-state index in [1.54, 1.807) is 18.2 Å². The third-order valence-electron chi connectivity index (χ3n) is 14.1. The van der Waals surface area contributed by atoms with Gasteiger partial charge in [-0.25, -0.2) is 0 Å². The topological polar surface area (TPSA) is 224 Å². The van der Waals surface area contributed by atoms with Crippen molar-refractivity contribution in [2.75, 3.05) is 89.0 Å². The molecule has 4 aliphatic heterocycles. The van der Waals surface area contributed by atoms with E-state index in [-0.39, 0.29) is 42.0 Å². The fourth-order valence-corrected chi connectivity index (χ4v) is 10.2. The number of aryl methyl sites for hydroxylation is 2. The van der Waals surface area contributed by atoms with Gasteiger partial charge < -0.3 is 41.0 Å². The molecule has 1 unspecified atom stereocenters. The summed E-state index contributed by atoms with van der Waals surface area (Å²) in [6.45, 7) is 17.1. The van der Waals surface area contributed by atoms with Gasteiger partial charge in [0.2, 0.25) is 11.8 Å². The zero-order valence-electron chi connectivity index (χ0n) is 41.9. The maximum atomic E-state index is 14.0. The number of carbonyl (C=O) groups is 5. The number of piperazine rings is 1. The SMILES string of the molecule is CCN(c1cc(-c2ccc(CN3CCN(C/C(N)=C/NCCOCCNc4cccc5c4C(=O)N(C4CCC(=O)NC4=O)C5=O)CC3)cc2)cc(C(=O)NCc2c(C)cc(C)[nH]c2=O)c1C)C1CCOCC1. The lowest BCUT2D eigenvalue weighted by molar-refractivity contribution is -0.136. The van der Waals surface area contributed by atoms with Crippen LogP contribution in [0.15, 0.2) is 77.4 Å². The van der Waals surface area contributed by atoms with Crippen LogP contribution >= 0.6 is 0 Å². The number of anilines is 2. The van der Waals surface area contributed by atoms with Crippen molar-refractivity contribution < 1.29 is 33.4 Å². The van der Waals surface area contributed by atoms with Crippen molar-refractivity contribution in [1.29, 1.82) is 0 Å². The Balaban J connectivity index is 0.782. The summed E-state index contributed by atoms with van der Waals surface area (Å²) in [5.41, 5.74) is 15.8. The molecule has 3 fully saturated rings. The number of imide groups is 2. The van der Waals surface area contributed by atoms with Gasteiger partial charge in [-0.2, -0.15) is 0 Å². The Labute approximate surface area is 420 Å². The Bertz CT molecular complexity index is 2740. The lowest BCUT2D eigenvalue weighted by atomic mass is 9.94. The Kier molecular flexibility index (Phi) is 16.9. The van der Waals surface area contributed by atoms with Crippen LogP contribution in [0.25, 0.3) is 11.1 Å². The average Bonchev–Trinajstić information content (AvgIpc) is 3.62. The van der Waals surface area contributed by atoms with Crippen molar-refractivity contribution >= 4 is 40.9 Å². The average molecular weight is 985 g/mol. The maximum absolute atomic E-state index is 14.0. The predicted molar refractivity (Wildman–Crippen MR) is 276 cm³/mol.